The molecule has 4 nitrogen and oxygen atoms in total. The number of amides is 1. The van der Waals surface area contributed by atoms with Crippen LogP contribution < -0.4 is 10.2 Å². The van der Waals surface area contributed by atoms with E-state index >= 15 is 0 Å². The van der Waals surface area contributed by atoms with E-state index in [0.29, 0.717) is 11.3 Å². The number of nitrogens with zero attached hydrogens (tertiary/aromatic N) is 1. The van der Waals surface area contributed by atoms with Crippen LogP contribution in [0.3, 0.4) is 0 Å². The second-order valence-corrected chi connectivity index (χ2v) is 5.16. The van der Waals surface area contributed by atoms with Crippen molar-refractivity contribution in [2.75, 3.05) is 7.11 Å². The summed E-state index contributed by atoms with van der Waals surface area (Å²) in [6.07, 6.45) is 0. The van der Waals surface area contributed by atoms with Crippen LogP contribution in [0.4, 0.5) is 0 Å². The van der Waals surface area contributed by atoms with Crippen LogP contribution in [0, 0.1) is 13.8 Å². The molecule has 0 atom stereocenters. The Morgan fingerprint density at radius 3 is 2.50 bits per heavy atom. The molecule has 2 aromatic rings. The van der Waals surface area contributed by atoms with Crippen LogP contribution in [0.5, 0.6) is 5.75 Å². The monoisotopic (exact) mass is 296 g/mol. The number of carbonyl (C=O) groups excluding carboxylic acids is 1. The van der Waals surface area contributed by atoms with Crippen LogP contribution >= 0.6 is 0 Å². The molecule has 1 N–H and O–H groups in total. The molecule has 2 rings (SSSR count). The lowest BCUT2D eigenvalue weighted by molar-refractivity contribution is 0.0954. The van der Waals surface area contributed by atoms with Crippen molar-refractivity contribution >= 4 is 11.6 Å². The van der Waals surface area contributed by atoms with Gasteiger partial charge in [0, 0.05) is 11.1 Å². The van der Waals surface area contributed by atoms with E-state index in [1.54, 1.807) is 13.2 Å². The first-order valence-corrected chi connectivity index (χ1v) is 7.08. The molecule has 0 aromatic heterocycles. The van der Waals surface area contributed by atoms with Crippen molar-refractivity contribution in [3.05, 3.63) is 64.7 Å². The van der Waals surface area contributed by atoms with E-state index < -0.39 is 0 Å². The summed E-state index contributed by atoms with van der Waals surface area (Å²) < 4.78 is 5.36. The molecule has 0 saturated carbocycles. The second kappa shape index (κ2) is 6.89. The molecule has 0 aliphatic heterocycles. The van der Waals surface area contributed by atoms with E-state index in [1.807, 2.05) is 57.2 Å². The van der Waals surface area contributed by atoms with Crippen molar-refractivity contribution in [3.63, 3.8) is 0 Å². The summed E-state index contributed by atoms with van der Waals surface area (Å²) >= 11 is 0. The molecule has 0 unspecified atom stereocenters. The van der Waals surface area contributed by atoms with Crippen molar-refractivity contribution in [3.8, 4) is 5.75 Å². The van der Waals surface area contributed by atoms with Crippen LogP contribution in [0.15, 0.2) is 47.6 Å². The van der Waals surface area contributed by atoms with Crippen LogP contribution in [0.25, 0.3) is 0 Å². The van der Waals surface area contributed by atoms with E-state index in [1.165, 1.54) is 0 Å². The Labute approximate surface area is 130 Å². The quantitative estimate of drug-likeness (QED) is 0.694. The largest absolute Gasteiger partial charge is 0.496 e. The highest BCUT2D eigenvalue weighted by atomic mass is 16.5. The van der Waals surface area contributed by atoms with Gasteiger partial charge in [-0.25, -0.2) is 5.43 Å². The number of methoxy groups -OCH3 is 1. The average Bonchev–Trinajstić information content (AvgIpc) is 2.52. The summed E-state index contributed by atoms with van der Waals surface area (Å²) in [5.41, 5.74) is 6.80. The summed E-state index contributed by atoms with van der Waals surface area (Å²) in [6, 6.07) is 13.3. The summed E-state index contributed by atoms with van der Waals surface area (Å²) in [5.74, 6) is 0.523. The molecule has 0 aliphatic carbocycles. The number of rotatable bonds is 4. The summed E-state index contributed by atoms with van der Waals surface area (Å²) in [4.78, 5) is 12.2. The molecule has 0 heterocycles. The van der Waals surface area contributed by atoms with E-state index in [4.69, 9.17) is 4.74 Å². The normalized spacial score (nSPS) is 11.2. The maximum Gasteiger partial charge on any atom is 0.271 e. The molecule has 0 aliphatic rings. The van der Waals surface area contributed by atoms with Gasteiger partial charge >= 0.3 is 0 Å². The number of hydrogen-bond donors (Lipinski definition) is 1. The first-order chi connectivity index (χ1) is 10.5. The van der Waals surface area contributed by atoms with Gasteiger partial charge in [0.05, 0.1) is 12.8 Å². The Kier molecular flexibility index (Phi) is 4.94. The molecular weight excluding hydrogens is 276 g/mol. The first-order valence-electron chi connectivity index (χ1n) is 7.08. The number of benzene rings is 2. The smallest absolute Gasteiger partial charge is 0.271 e. The van der Waals surface area contributed by atoms with Gasteiger partial charge in [0.15, 0.2) is 0 Å². The van der Waals surface area contributed by atoms with Gasteiger partial charge in [-0.05, 0) is 50.1 Å². The minimum Gasteiger partial charge on any atom is -0.496 e. The van der Waals surface area contributed by atoms with Gasteiger partial charge in [-0.3, -0.25) is 4.79 Å². The first kappa shape index (κ1) is 15.8. The lowest BCUT2D eigenvalue weighted by Crippen LogP contribution is -2.20. The minimum absolute atomic E-state index is 0.219. The van der Waals surface area contributed by atoms with E-state index in [2.05, 4.69) is 10.5 Å². The van der Waals surface area contributed by atoms with Crippen LogP contribution in [0.1, 0.15) is 34.0 Å². The van der Waals surface area contributed by atoms with Gasteiger partial charge in [-0.2, -0.15) is 5.10 Å². The highest BCUT2D eigenvalue weighted by molar-refractivity contribution is 6.03. The van der Waals surface area contributed by atoms with Crippen molar-refractivity contribution in [2.24, 2.45) is 5.10 Å². The predicted molar refractivity (Wildman–Crippen MR) is 88.6 cm³/mol. The number of ether oxygens (including phenoxy) is 1. The molecule has 0 bridgehead atoms. The predicted octanol–water partition coefficient (Wildman–Crippen LogP) is 3.47. The van der Waals surface area contributed by atoms with Gasteiger partial charge in [0.2, 0.25) is 0 Å². The SMILES string of the molecule is COc1cc(C)ccc1C(C)=NNC(=O)c1ccccc1C. The molecule has 0 radical (unpaired) electrons. The summed E-state index contributed by atoms with van der Waals surface area (Å²) in [5, 5.41) is 4.19. The topological polar surface area (TPSA) is 50.7 Å². The van der Waals surface area contributed by atoms with Gasteiger partial charge in [-0.1, -0.05) is 24.3 Å². The minimum atomic E-state index is -0.219. The molecule has 114 valence electrons. The fourth-order valence-corrected chi connectivity index (χ4v) is 2.18. The molecule has 0 spiro atoms. The lowest BCUT2D eigenvalue weighted by atomic mass is 10.1. The van der Waals surface area contributed by atoms with Gasteiger partial charge in [0.1, 0.15) is 5.75 Å². The molecule has 0 fully saturated rings. The highest BCUT2D eigenvalue weighted by Crippen LogP contribution is 2.20. The van der Waals surface area contributed by atoms with Crippen molar-refractivity contribution in [1.29, 1.82) is 0 Å². The van der Waals surface area contributed by atoms with Crippen molar-refractivity contribution < 1.29 is 9.53 Å². The molecule has 2 aromatic carbocycles. The number of carbonyl (C=O) groups is 1. The van der Waals surface area contributed by atoms with Gasteiger partial charge in [0.25, 0.3) is 5.91 Å². The third-order valence-corrected chi connectivity index (χ3v) is 3.46. The fraction of sp³-hybridized carbons (Fsp3) is 0.222. The molecule has 1 amide bonds. The zero-order chi connectivity index (χ0) is 16.1. The van der Waals surface area contributed by atoms with E-state index in [9.17, 15) is 4.79 Å². The van der Waals surface area contributed by atoms with Crippen molar-refractivity contribution in [2.45, 2.75) is 20.8 Å². The number of hydrazone groups is 1. The van der Waals surface area contributed by atoms with Crippen LogP contribution in [-0.2, 0) is 0 Å². The second-order valence-electron chi connectivity index (χ2n) is 5.16. The Morgan fingerprint density at radius 2 is 1.82 bits per heavy atom. The summed E-state index contributed by atoms with van der Waals surface area (Å²) in [6.45, 7) is 5.73. The number of aryl methyl sites for hydroxylation is 2. The Balaban J connectivity index is 2.20. The molecule has 4 heteroatoms. The van der Waals surface area contributed by atoms with Gasteiger partial charge in [-0.15, -0.1) is 0 Å². The molecule has 22 heavy (non-hydrogen) atoms. The Morgan fingerprint density at radius 1 is 1.09 bits per heavy atom. The van der Waals surface area contributed by atoms with E-state index in [-0.39, 0.29) is 5.91 Å². The Hall–Kier alpha value is -2.62. The maximum atomic E-state index is 12.2. The molecular formula is C18H20N2O2. The van der Waals surface area contributed by atoms with Crippen LogP contribution in [-0.4, -0.2) is 18.7 Å². The van der Waals surface area contributed by atoms with E-state index in [0.717, 1.165) is 22.4 Å². The third-order valence-electron chi connectivity index (χ3n) is 3.46. The molecule has 0 saturated heterocycles. The lowest BCUT2D eigenvalue weighted by Gasteiger charge is -2.09. The third kappa shape index (κ3) is 3.52. The average molecular weight is 296 g/mol. The standard InChI is InChI=1S/C18H20N2O2/c1-12-9-10-16(17(11-12)22-4)14(3)19-20-18(21)15-8-6-5-7-13(15)2/h5-11H,1-4H3,(H,20,21). The highest BCUT2D eigenvalue weighted by Gasteiger charge is 2.09. The fourth-order valence-electron chi connectivity index (χ4n) is 2.18. The van der Waals surface area contributed by atoms with Crippen LogP contribution in [0.2, 0.25) is 0 Å². The zero-order valence-corrected chi connectivity index (χ0v) is 13.3. The summed E-state index contributed by atoms with van der Waals surface area (Å²) in [7, 11) is 1.62. The number of nitrogens with one attached hydrogen (secondary N) is 1. The van der Waals surface area contributed by atoms with Gasteiger partial charge < -0.3 is 4.74 Å². The number of hydrogen-bond acceptors (Lipinski definition) is 3. The maximum absolute atomic E-state index is 12.2. The Bertz CT molecular complexity index is 721. The zero-order valence-electron chi connectivity index (χ0n) is 13.3. The van der Waals surface area contributed by atoms with Crippen molar-refractivity contribution in [1.82, 2.24) is 5.43 Å².